The van der Waals surface area contributed by atoms with Gasteiger partial charge in [-0.25, -0.2) is 0 Å². The summed E-state index contributed by atoms with van der Waals surface area (Å²) in [5, 5.41) is 5.29. The van der Waals surface area contributed by atoms with Gasteiger partial charge in [0, 0.05) is 16.5 Å². The smallest absolute Gasteiger partial charge is 0.0837 e. The average molecular weight is 335 g/mol. The van der Waals surface area contributed by atoms with Crippen molar-refractivity contribution in [3.8, 4) is 0 Å². The molecule has 1 unspecified atom stereocenters. The molecule has 2 N–H and O–H groups in total. The number of nitrogens with zero attached hydrogens (tertiary/aromatic N) is 2. The van der Waals surface area contributed by atoms with Gasteiger partial charge in [-0.1, -0.05) is 45.2 Å². The number of halogens is 3. The van der Waals surface area contributed by atoms with Crippen LogP contribution in [-0.2, 0) is 7.05 Å². The predicted octanol–water partition coefficient (Wildman–Crippen LogP) is 3.54. The molecule has 0 bridgehead atoms. The van der Waals surface area contributed by atoms with Crippen molar-refractivity contribution in [1.29, 1.82) is 0 Å². The number of nitrogens with two attached hydrogens (primary N) is 1. The molecule has 2 aromatic rings. The second-order valence-electron chi connectivity index (χ2n) is 3.64. The summed E-state index contributed by atoms with van der Waals surface area (Å²) in [6, 6.07) is 5.13. The second-order valence-corrected chi connectivity index (χ2v) is 5.34. The van der Waals surface area contributed by atoms with E-state index in [2.05, 4.69) is 21.0 Å². The maximum absolute atomic E-state index is 6.19. The van der Waals surface area contributed by atoms with Crippen molar-refractivity contribution in [2.75, 3.05) is 0 Å². The van der Waals surface area contributed by atoms with E-state index in [9.17, 15) is 0 Å². The zero-order chi connectivity index (χ0) is 12.6. The van der Waals surface area contributed by atoms with Crippen molar-refractivity contribution >= 4 is 39.1 Å². The highest BCUT2D eigenvalue weighted by molar-refractivity contribution is 9.10. The summed E-state index contributed by atoms with van der Waals surface area (Å²) in [5.41, 5.74) is 7.88. The summed E-state index contributed by atoms with van der Waals surface area (Å²) in [5.74, 6) is 0. The summed E-state index contributed by atoms with van der Waals surface area (Å²) >= 11 is 15.4. The monoisotopic (exact) mass is 333 g/mol. The van der Waals surface area contributed by atoms with Crippen LogP contribution in [0.1, 0.15) is 17.3 Å². The molecular weight excluding hydrogens is 325 g/mol. The lowest BCUT2D eigenvalue weighted by atomic mass is 10.0. The molecule has 6 heteroatoms. The maximum Gasteiger partial charge on any atom is 0.0837 e. The minimum Gasteiger partial charge on any atom is -0.319 e. The van der Waals surface area contributed by atoms with Crippen molar-refractivity contribution in [1.82, 2.24) is 9.78 Å². The Hall–Kier alpha value is -0.550. The molecule has 0 saturated carbocycles. The lowest BCUT2D eigenvalue weighted by Crippen LogP contribution is -2.16. The number of hydrogen-bond acceptors (Lipinski definition) is 2. The lowest BCUT2D eigenvalue weighted by Gasteiger charge is -2.15. The van der Waals surface area contributed by atoms with E-state index in [1.165, 1.54) is 0 Å². The van der Waals surface area contributed by atoms with Crippen LogP contribution in [0.3, 0.4) is 0 Å². The minimum absolute atomic E-state index is 0.346. The standard InChI is InChI=1S/C11H10BrCl2N3/c1-17-11(9(14)5-16-17)10(15)7-3-2-6(13)4-8(7)12/h2-5,10H,15H2,1H3. The van der Waals surface area contributed by atoms with Gasteiger partial charge in [0.15, 0.2) is 0 Å². The molecule has 3 nitrogen and oxygen atoms in total. The zero-order valence-electron chi connectivity index (χ0n) is 8.99. The summed E-state index contributed by atoms with van der Waals surface area (Å²) in [6.07, 6.45) is 1.58. The summed E-state index contributed by atoms with van der Waals surface area (Å²) < 4.78 is 2.53. The minimum atomic E-state index is -0.346. The number of rotatable bonds is 2. The van der Waals surface area contributed by atoms with Crippen molar-refractivity contribution in [2.24, 2.45) is 12.8 Å². The van der Waals surface area contributed by atoms with Crippen LogP contribution in [0.15, 0.2) is 28.9 Å². The van der Waals surface area contributed by atoms with Crippen molar-refractivity contribution in [2.45, 2.75) is 6.04 Å². The van der Waals surface area contributed by atoms with Crippen LogP contribution in [0.5, 0.6) is 0 Å². The molecule has 0 saturated heterocycles. The Morgan fingerprint density at radius 1 is 1.41 bits per heavy atom. The third kappa shape index (κ3) is 2.50. The number of aromatic nitrogens is 2. The highest BCUT2D eigenvalue weighted by Gasteiger charge is 2.19. The van der Waals surface area contributed by atoms with Gasteiger partial charge in [0.25, 0.3) is 0 Å². The highest BCUT2D eigenvalue weighted by atomic mass is 79.9. The number of aryl methyl sites for hydroxylation is 1. The van der Waals surface area contributed by atoms with E-state index in [0.29, 0.717) is 10.0 Å². The van der Waals surface area contributed by atoms with E-state index < -0.39 is 0 Å². The number of benzene rings is 1. The van der Waals surface area contributed by atoms with E-state index in [-0.39, 0.29) is 6.04 Å². The molecule has 90 valence electrons. The van der Waals surface area contributed by atoms with E-state index in [1.54, 1.807) is 23.0 Å². The van der Waals surface area contributed by atoms with E-state index in [0.717, 1.165) is 15.7 Å². The van der Waals surface area contributed by atoms with Crippen LogP contribution in [0.25, 0.3) is 0 Å². The SMILES string of the molecule is Cn1ncc(Cl)c1C(N)c1ccc(Cl)cc1Br. The molecule has 0 aliphatic carbocycles. The Morgan fingerprint density at radius 3 is 2.65 bits per heavy atom. The first kappa shape index (κ1) is 12.9. The molecule has 1 heterocycles. The molecule has 2 rings (SSSR count). The van der Waals surface area contributed by atoms with Gasteiger partial charge in [-0.2, -0.15) is 5.10 Å². The molecular formula is C11H10BrCl2N3. The van der Waals surface area contributed by atoms with Crippen molar-refractivity contribution < 1.29 is 0 Å². The van der Waals surface area contributed by atoms with Crippen molar-refractivity contribution in [3.05, 3.63) is 50.2 Å². The largest absolute Gasteiger partial charge is 0.319 e. The number of hydrogen-bond donors (Lipinski definition) is 1. The average Bonchev–Trinajstić information content (AvgIpc) is 2.58. The van der Waals surface area contributed by atoms with E-state index in [1.807, 2.05) is 13.1 Å². The fraction of sp³-hybridized carbons (Fsp3) is 0.182. The van der Waals surface area contributed by atoms with Gasteiger partial charge in [-0.05, 0) is 17.7 Å². The van der Waals surface area contributed by atoms with Crippen LogP contribution in [0.4, 0.5) is 0 Å². The Morgan fingerprint density at radius 2 is 2.12 bits per heavy atom. The second kappa shape index (κ2) is 4.98. The molecule has 1 aromatic carbocycles. The summed E-state index contributed by atoms with van der Waals surface area (Å²) in [4.78, 5) is 0. The molecule has 0 aliphatic rings. The highest BCUT2D eigenvalue weighted by Crippen LogP contribution is 2.31. The first-order valence-electron chi connectivity index (χ1n) is 4.88. The summed E-state index contributed by atoms with van der Waals surface area (Å²) in [7, 11) is 1.81. The lowest BCUT2D eigenvalue weighted by molar-refractivity contribution is 0.672. The van der Waals surface area contributed by atoms with Crippen LogP contribution < -0.4 is 5.73 Å². The molecule has 17 heavy (non-hydrogen) atoms. The fourth-order valence-electron chi connectivity index (χ4n) is 1.67. The first-order chi connectivity index (χ1) is 8.00. The van der Waals surface area contributed by atoms with Gasteiger partial charge in [-0.15, -0.1) is 0 Å². The predicted molar refractivity (Wildman–Crippen MR) is 73.4 cm³/mol. The fourth-order valence-corrected chi connectivity index (χ4v) is 2.88. The quantitative estimate of drug-likeness (QED) is 0.912. The molecule has 0 fully saturated rings. The third-order valence-corrected chi connectivity index (χ3v) is 3.74. The molecule has 0 amide bonds. The van der Waals surface area contributed by atoms with Gasteiger partial charge in [0.2, 0.25) is 0 Å². The van der Waals surface area contributed by atoms with Crippen molar-refractivity contribution in [3.63, 3.8) is 0 Å². The van der Waals surface area contributed by atoms with Gasteiger partial charge >= 0.3 is 0 Å². The summed E-state index contributed by atoms with van der Waals surface area (Å²) in [6.45, 7) is 0. The molecule has 0 spiro atoms. The van der Waals surface area contributed by atoms with Gasteiger partial charge in [-0.3, -0.25) is 4.68 Å². The maximum atomic E-state index is 6.19. The van der Waals surface area contributed by atoms with Crippen LogP contribution >= 0.6 is 39.1 Å². The zero-order valence-corrected chi connectivity index (χ0v) is 12.1. The van der Waals surface area contributed by atoms with Crippen LogP contribution in [0, 0.1) is 0 Å². The Bertz CT molecular complexity index is 534. The van der Waals surface area contributed by atoms with E-state index >= 15 is 0 Å². The Kier molecular flexibility index (Phi) is 3.78. The van der Waals surface area contributed by atoms with Crippen LogP contribution in [-0.4, -0.2) is 9.78 Å². The van der Waals surface area contributed by atoms with Gasteiger partial charge < -0.3 is 5.73 Å². The Balaban J connectivity index is 2.47. The topological polar surface area (TPSA) is 43.8 Å². The van der Waals surface area contributed by atoms with E-state index in [4.69, 9.17) is 28.9 Å². The normalized spacial score (nSPS) is 12.8. The molecule has 0 aliphatic heterocycles. The Labute approximate surface area is 118 Å². The van der Waals surface area contributed by atoms with Crippen LogP contribution in [0.2, 0.25) is 10.0 Å². The third-order valence-electron chi connectivity index (χ3n) is 2.53. The van der Waals surface area contributed by atoms with Gasteiger partial charge in [0.1, 0.15) is 0 Å². The molecule has 0 radical (unpaired) electrons. The molecule has 1 atom stereocenters. The first-order valence-corrected chi connectivity index (χ1v) is 6.43. The molecule has 1 aromatic heterocycles. The van der Waals surface area contributed by atoms with Gasteiger partial charge in [0.05, 0.1) is 23.0 Å².